The summed E-state index contributed by atoms with van der Waals surface area (Å²) in [6.45, 7) is 2.64. The third-order valence-corrected chi connectivity index (χ3v) is 2.57. The minimum atomic E-state index is -3.72. The minimum Gasteiger partial charge on any atom is -0.396 e. The molecular formula is C9H10F2N2O3S. The molecule has 0 aliphatic rings. The maximum Gasteiger partial charge on any atom is 0.439 e. The number of nitrogens with zero attached hydrogens (tertiary/aromatic N) is 1. The lowest BCUT2D eigenvalue weighted by Crippen LogP contribution is -2.20. The van der Waals surface area contributed by atoms with Crippen molar-refractivity contribution in [2.75, 3.05) is 5.32 Å². The molecule has 0 bridgehead atoms. The Balaban J connectivity index is 2.80. The number of hydrogen-bond acceptors (Lipinski definition) is 5. The lowest BCUT2D eigenvalue weighted by molar-refractivity contribution is -0.238. The number of carbonyl (C=O) groups is 2. The number of alkyl halides is 2. The van der Waals surface area contributed by atoms with Crippen molar-refractivity contribution in [2.45, 2.75) is 26.4 Å². The molecule has 1 N–H and O–H groups in total. The van der Waals surface area contributed by atoms with Crippen LogP contribution >= 0.6 is 11.3 Å². The molecule has 0 saturated heterocycles. The summed E-state index contributed by atoms with van der Waals surface area (Å²) in [5.41, 5.74) is 0. The Kier molecular flexibility index (Phi) is 4.11. The molecule has 0 fully saturated rings. The Morgan fingerprint density at radius 3 is 2.76 bits per heavy atom. The standard InChI is InChI=1S/C9H10F2N2O3S/c1-3-7(15)16-9(10,11)6-4-12-8(17-6)13-5(2)14/h4H,3H2,1-2H3,(H,12,13,14). The van der Waals surface area contributed by atoms with Gasteiger partial charge in [-0.25, -0.2) is 4.98 Å². The predicted octanol–water partition coefficient (Wildman–Crippen LogP) is 2.10. The fraction of sp³-hybridized carbons (Fsp3) is 0.444. The molecule has 1 aromatic rings. The summed E-state index contributed by atoms with van der Waals surface area (Å²) in [7, 11) is 0. The number of rotatable bonds is 4. The van der Waals surface area contributed by atoms with E-state index in [0.717, 1.165) is 6.20 Å². The number of esters is 1. The van der Waals surface area contributed by atoms with Gasteiger partial charge in [-0.15, -0.1) is 0 Å². The summed E-state index contributed by atoms with van der Waals surface area (Å²) < 4.78 is 30.7. The van der Waals surface area contributed by atoms with Crippen molar-refractivity contribution in [3.63, 3.8) is 0 Å². The zero-order chi connectivity index (χ0) is 13.1. The molecular weight excluding hydrogens is 254 g/mol. The molecule has 1 rings (SSSR count). The van der Waals surface area contributed by atoms with Gasteiger partial charge in [-0.1, -0.05) is 18.3 Å². The molecule has 0 radical (unpaired) electrons. The number of aromatic nitrogens is 1. The van der Waals surface area contributed by atoms with Gasteiger partial charge in [0.15, 0.2) is 5.13 Å². The molecule has 0 aromatic carbocycles. The Morgan fingerprint density at radius 2 is 2.24 bits per heavy atom. The number of amides is 1. The van der Waals surface area contributed by atoms with E-state index in [4.69, 9.17) is 0 Å². The summed E-state index contributed by atoms with van der Waals surface area (Å²) in [5, 5.41) is 2.29. The van der Waals surface area contributed by atoms with Gasteiger partial charge in [0.05, 0.1) is 6.20 Å². The zero-order valence-corrected chi connectivity index (χ0v) is 9.94. The van der Waals surface area contributed by atoms with E-state index >= 15 is 0 Å². The van der Waals surface area contributed by atoms with Gasteiger partial charge < -0.3 is 10.1 Å². The van der Waals surface area contributed by atoms with Crippen molar-refractivity contribution in [1.29, 1.82) is 0 Å². The van der Waals surface area contributed by atoms with E-state index in [2.05, 4.69) is 15.0 Å². The molecule has 0 saturated carbocycles. The quantitative estimate of drug-likeness (QED) is 0.845. The van der Waals surface area contributed by atoms with Gasteiger partial charge >= 0.3 is 12.1 Å². The van der Waals surface area contributed by atoms with E-state index in [9.17, 15) is 18.4 Å². The van der Waals surface area contributed by atoms with Crippen LogP contribution in [0, 0.1) is 0 Å². The van der Waals surface area contributed by atoms with Gasteiger partial charge in [0.25, 0.3) is 0 Å². The smallest absolute Gasteiger partial charge is 0.396 e. The fourth-order valence-corrected chi connectivity index (χ4v) is 1.66. The number of anilines is 1. The van der Waals surface area contributed by atoms with E-state index in [0.29, 0.717) is 11.3 Å². The van der Waals surface area contributed by atoms with Gasteiger partial charge in [0.2, 0.25) is 5.91 Å². The highest BCUT2D eigenvalue weighted by Crippen LogP contribution is 2.35. The third-order valence-electron chi connectivity index (χ3n) is 1.61. The molecule has 8 heteroatoms. The Bertz CT molecular complexity index is 434. The zero-order valence-electron chi connectivity index (χ0n) is 9.12. The molecule has 1 aromatic heterocycles. The van der Waals surface area contributed by atoms with Crippen molar-refractivity contribution in [3.8, 4) is 0 Å². The summed E-state index contributed by atoms with van der Waals surface area (Å²) in [6, 6.07) is 0. The number of nitrogens with one attached hydrogen (secondary N) is 1. The molecule has 0 unspecified atom stereocenters. The SMILES string of the molecule is CCC(=O)OC(F)(F)c1cnc(NC(C)=O)s1. The van der Waals surface area contributed by atoms with Crippen LogP contribution in [0.25, 0.3) is 0 Å². The highest BCUT2D eigenvalue weighted by atomic mass is 32.1. The molecule has 0 atom stereocenters. The van der Waals surface area contributed by atoms with E-state index in [-0.39, 0.29) is 11.6 Å². The molecule has 0 spiro atoms. The first kappa shape index (κ1) is 13.5. The maximum atomic E-state index is 13.4. The van der Waals surface area contributed by atoms with Crippen LogP contribution in [-0.4, -0.2) is 16.9 Å². The van der Waals surface area contributed by atoms with Gasteiger partial charge in [0, 0.05) is 13.3 Å². The highest BCUT2D eigenvalue weighted by molar-refractivity contribution is 7.15. The average molecular weight is 264 g/mol. The van der Waals surface area contributed by atoms with Crippen LogP contribution in [0.15, 0.2) is 6.20 Å². The summed E-state index contributed by atoms with van der Waals surface area (Å²) >= 11 is 0.550. The number of hydrogen-bond donors (Lipinski definition) is 1. The first-order chi connectivity index (χ1) is 7.85. The Labute approximate surface area is 99.8 Å². The van der Waals surface area contributed by atoms with Crippen LogP contribution in [0.3, 0.4) is 0 Å². The average Bonchev–Trinajstić information content (AvgIpc) is 2.65. The van der Waals surface area contributed by atoms with Crippen molar-refractivity contribution >= 4 is 28.3 Å². The highest BCUT2D eigenvalue weighted by Gasteiger charge is 2.38. The van der Waals surface area contributed by atoms with E-state index in [1.54, 1.807) is 0 Å². The Hall–Kier alpha value is -1.57. The van der Waals surface area contributed by atoms with Crippen LogP contribution in [0.5, 0.6) is 0 Å². The van der Waals surface area contributed by atoms with Gasteiger partial charge in [-0.2, -0.15) is 8.78 Å². The molecule has 5 nitrogen and oxygen atoms in total. The summed E-state index contributed by atoms with van der Waals surface area (Å²) in [4.78, 5) is 24.5. The van der Waals surface area contributed by atoms with Crippen LogP contribution in [0.4, 0.5) is 13.9 Å². The monoisotopic (exact) mass is 264 g/mol. The number of carbonyl (C=O) groups excluding carboxylic acids is 2. The number of ether oxygens (including phenoxy) is 1. The van der Waals surface area contributed by atoms with Gasteiger partial charge in [-0.3, -0.25) is 9.59 Å². The van der Waals surface area contributed by atoms with Crippen molar-refractivity contribution in [3.05, 3.63) is 11.1 Å². The van der Waals surface area contributed by atoms with Crippen LogP contribution in [0.1, 0.15) is 25.1 Å². The lowest BCUT2D eigenvalue weighted by Gasteiger charge is -2.13. The maximum absolute atomic E-state index is 13.4. The van der Waals surface area contributed by atoms with E-state index in [1.807, 2.05) is 0 Å². The van der Waals surface area contributed by atoms with E-state index < -0.39 is 22.9 Å². The first-order valence-electron chi connectivity index (χ1n) is 4.68. The van der Waals surface area contributed by atoms with Gasteiger partial charge in [0.1, 0.15) is 4.88 Å². The minimum absolute atomic E-state index is 0.0275. The van der Waals surface area contributed by atoms with Crippen LogP contribution < -0.4 is 5.32 Å². The second-order valence-electron chi connectivity index (χ2n) is 3.06. The molecule has 94 valence electrons. The third kappa shape index (κ3) is 3.74. The van der Waals surface area contributed by atoms with Crippen LogP contribution in [0.2, 0.25) is 0 Å². The molecule has 0 aliphatic carbocycles. The Morgan fingerprint density at radius 1 is 1.59 bits per heavy atom. The number of halogens is 2. The molecule has 17 heavy (non-hydrogen) atoms. The topological polar surface area (TPSA) is 68.3 Å². The van der Waals surface area contributed by atoms with Crippen molar-refractivity contribution in [1.82, 2.24) is 4.98 Å². The van der Waals surface area contributed by atoms with Crippen molar-refractivity contribution < 1.29 is 23.1 Å². The normalized spacial score (nSPS) is 11.1. The second-order valence-corrected chi connectivity index (χ2v) is 4.09. The van der Waals surface area contributed by atoms with Gasteiger partial charge in [-0.05, 0) is 0 Å². The lowest BCUT2D eigenvalue weighted by atomic mass is 10.5. The summed E-state index contributed by atoms with van der Waals surface area (Å²) in [5.74, 6) is -1.43. The van der Waals surface area contributed by atoms with Crippen LogP contribution in [-0.2, 0) is 20.4 Å². The molecule has 1 heterocycles. The van der Waals surface area contributed by atoms with Crippen molar-refractivity contribution in [2.24, 2.45) is 0 Å². The predicted molar refractivity (Wildman–Crippen MR) is 56.7 cm³/mol. The fourth-order valence-electron chi connectivity index (χ4n) is 0.882. The number of thiazole rings is 1. The second kappa shape index (κ2) is 5.17. The first-order valence-corrected chi connectivity index (χ1v) is 5.50. The molecule has 1 amide bonds. The largest absolute Gasteiger partial charge is 0.439 e. The summed E-state index contributed by atoms with van der Waals surface area (Å²) in [6.07, 6.45) is -3.01. The van der Waals surface area contributed by atoms with E-state index in [1.165, 1.54) is 13.8 Å². The molecule has 0 aliphatic heterocycles.